The fraction of sp³-hybridized carbons (Fsp3) is 0.375. The van der Waals surface area contributed by atoms with Gasteiger partial charge in [-0.15, -0.1) is 0 Å². The number of hydrogen-bond acceptors (Lipinski definition) is 6. The smallest absolute Gasteiger partial charge is 0.250 e. The molecule has 2 saturated heterocycles. The lowest BCUT2D eigenvalue weighted by atomic mass is 9.95. The number of primary amides is 1. The van der Waals surface area contributed by atoms with Crippen LogP contribution in [0.1, 0.15) is 47.2 Å². The number of halogens is 2. The Morgan fingerprint density at radius 2 is 1.69 bits per heavy atom. The lowest BCUT2D eigenvalue weighted by Gasteiger charge is -2.32. The number of rotatable bonds is 8. The normalized spacial score (nSPS) is 17.0. The standard InChI is InChI=1S/C32H36F2N6O2/c1-40-10-6-23(7-11-40)36-28-5-3-25(32(35)41)30(37-24-8-12-42-13-9-24)29(28)31-26-17-19(2-4-27(26)38-39-31)14-20-15-21(33)18-22(34)16-20/h2-5,15-18,23-24,36-37H,6-14H2,1H3,(H2,35,41)(H,38,39). The predicted molar refractivity (Wildman–Crippen MR) is 161 cm³/mol. The minimum atomic E-state index is -0.605. The van der Waals surface area contributed by atoms with E-state index in [0.717, 1.165) is 72.6 Å². The number of carbonyl (C=O) groups excluding carboxylic acids is 1. The van der Waals surface area contributed by atoms with Gasteiger partial charge in [-0.2, -0.15) is 5.10 Å². The minimum absolute atomic E-state index is 0.109. The summed E-state index contributed by atoms with van der Waals surface area (Å²) in [6, 6.07) is 13.5. The Morgan fingerprint density at radius 1 is 0.976 bits per heavy atom. The van der Waals surface area contributed by atoms with Crippen LogP contribution in [-0.2, 0) is 11.2 Å². The summed E-state index contributed by atoms with van der Waals surface area (Å²) >= 11 is 0. The second-order valence-corrected chi connectivity index (χ2v) is 11.4. The number of carbonyl (C=O) groups is 1. The number of hydrogen-bond donors (Lipinski definition) is 4. The number of likely N-dealkylation sites (tertiary alicyclic amines) is 1. The van der Waals surface area contributed by atoms with Gasteiger partial charge in [0.2, 0.25) is 0 Å². The van der Waals surface area contributed by atoms with Crippen molar-refractivity contribution in [1.29, 1.82) is 0 Å². The van der Waals surface area contributed by atoms with Crippen molar-refractivity contribution in [2.75, 3.05) is 44.0 Å². The molecule has 0 aliphatic carbocycles. The van der Waals surface area contributed by atoms with Gasteiger partial charge in [-0.05, 0) is 99.8 Å². The van der Waals surface area contributed by atoms with Crippen molar-refractivity contribution in [3.05, 3.63) is 76.9 Å². The molecule has 42 heavy (non-hydrogen) atoms. The van der Waals surface area contributed by atoms with E-state index < -0.39 is 17.5 Å². The number of ether oxygens (including phenoxy) is 1. The second kappa shape index (κ2) is 12.1. The molecule has 8 nitrogen and oxygen atoms in total. The molecule has 6 rings (SSSR count). The van der Waals surface area contributed by atoms with Crippen molar-refractivity contribution in [1.82, 2.24) is 15.1 Å². The third-order valence-corrected chi connectivity index (χ3v) is 8.31. The van der Waals surface area contributed by atoms with Crippen LogP contribution in [0.15, 0.2) is 48.5 Å². The number of anilines is 2. The van der Waals surface area contributed by atoms with Gasteiger partial charge in [0.1, 0.15) is 17.3 Å². The summed E-state index contributed by atoms with van der Waals surface area (Å²) in [6.07, 6.45) is 3.95. The average Bonchev–Trinajstić information content (AvgIpc) is 3.37. The zero-order chi connectivity index (χ0) is 29.2. The zero-order valence-electron chi connectivity index (χ0n) is 23.7. The number of nitrogens with zero attached hydrogens (tertiary/aromatic N) is 2. The molecule has 0 spiro atoms. The maximum Gasteiger partial charge on any atom is 0.250 e. The maximum absolute atomic E-state index is 13.9. The first-order chi connectivity index (χ1) is 20.3. The second-order valence-electron chi connectivity index (χ2n) is 11.4. The molecule has 2 aliphatic rings. The van der Waals surface area contributed by atoms with Crippen LogP contribution in [0.3, 0.4) is 0 Å². The molecule has 0 unspecified atom stereocenters. The van der Waals surface area contributed by atoms with Crippen LogP contribution in [0, 0.1) is 11.6 Å². The van der Waals surface area contributed by atoms with Gasteiger partial charge >= 0.3 is 0 Å². The molecule has 2 aliphatic heterocycles. The van der Waals surface area contributed by atoms with Gasteiger partial charge in [-0.1, -0.05) is 6.07 Å². The number of nitrogens with two attached hydrogens (primary N) is 1. The molecule has 1 amide bonds. The number of amides is 1. The molecule has 10 heteroatoms. The summed E-state index contributed by atoms with van der Waals surface area (Å²) in [5, 5.41) is 16.1. The van der Waals surface area contributed by atoms with Crippen molar-refractivity contribution in [3.8, 4) is 11.3 Å². The van der Waals surface area contributed by atoms with Crippen molar-refractivity contribution in [2.45, 2.75) is 44.2 Å². The molecule has 5 N–H and O–H groups in total. The van der Waals surface area contributed by atoms with Gasteiger partial charge in [0.05, 0.1) is 16.8 Å². The number of piperidine rings is 1. The van der Waals surface area contributed by atoms with E-state index in [1.807, 2.05) is 24.3 Å². The highest BCUT2D eigenvalue weighted by Gasteiger charge is 2.26. The molecule has 220 valence electrons. The number of aromatic nitrogens is 2. The van der Waals surface area contributed by atoms with E-state index in [0.29, 0.717) is 42.1 Å². The topological polar surface area (TPSA) is 108 Å². The molecule has 3 heterocycles. The van der Waals surface area contributed by atoms with E-state index in [9.17, 15) is 13.6 Å². The highest BCUT2D eigenvalue weighted by atomic mass is 19.1. The van der Waals surface area contributed by atoms with Gasteiger partial charge in [0.15, 0.2) is 0 Å². The summed E-state index contributed by atoms with van der Waals surface area (Å²) in [4.78, 5) is 15.1. The Hall–Kier alpha value is -4.02. The van der Waals surface area contributed by atoms with E-state index in [1.54, 1.807) is 6.07 Å². The third-order valence-electron chi connectivity index (χ3n) is 8.31. The third kappa shape index (κ3) is 6.10. The van der Waals surface area contributed by atoms with E-state index in [2.05, 4.69) is 27.7 Å². The number of fused-ring (bicyclic) bond motifs is 1. The van der Waals surface area contributed by atoms with Crippen LogP contribution < -0.4 is 16.4 Å². The average molecular weight is 575 g/mol. The number of H-pyrrole nitrogens is 1. The van der Waals surface area contributed by atoms with Crippen molar-refractivity contribution in [2.24, 2.45) is 5.73 Å². The number of aromatic amines is 1. The molecule has 2 fully saturated rings. The molecule has 0 saturated carbocycles. The van der Waals surface area contributed by atoms with Crippen LogP contribution in [-0.4, -0.2) is 66.4 Å². The van der Waals surface area contributed by atoms with Gasteiger partial charge in [-0.3, -0.25) is 9.89 Å². The van der Waals surface area contributed by atoms with Gasteiger partial charge in [-0.25, -0.2) is 8.78 Å². The van der Waals surface area contributed by atoms with Gasteiger partial charge in [0.25, 0.3) is 5.91 Å². The van der Waals surface area contributed by atoms with Crippen molar-refractivity contribution >= 4 is 28.2 Å². The number of benzene rings is 3. The summed E-state index contributed by atoms with van der Waals surface area (Å²) < 4.78 is 33.4. The summed E-state index contributed by atoms with van der Waals surface area (Å²) in [7, 11) is 2.13. The Kier molecular flexibility index (Phi) is 8.08. The van der Waals surface area contributed by atoms with E-state index in [4.69, 9.17) is 15.6 Å². The fourth-order valence-electron chi connectivity index (χ4n) is 6.05. The monoisotopic (exact) mass is 574 g/mol. The molecule has 0 atom stereocenters. The van der Waals surface area contributed by atoms with E-state index in [-0.39, 0.29) is 12.1 Å². The van der Waals surface area contributed by atoms with Crippen LogP contribution in [0.5, 0.6) is 0 Å². The molecule has 4 aromatic rings. The minimum Gasteiger partial charge on any atom is -0.382 e. The SMILES string of the molecule is CN1CCC(Nc2ccc(C(N)=O)c(NC3CCOCC3)c2-c2n[nH]c3ccc(Cc4cc(F)cc(F)c4)cc23)CC1. The van der Waals surface area contributed by atoms with Crippen LogP contribution in [0.2, 0.25) is 0 Å². The molecule has 3 aromatic carbocycles. The largest absolute Gasteiger partial charge is 0.382 e. The Balaban J connectivity index is 1.46. The first kappa shape index (κ1) is 28.1. The van der Waals surface area contributed by atoms with Crippen LogP contribution in [0.25, 0.3) is 22.2 Å². The Bertz CT molecular complexity index is 1570. The lowest BCUT2D eigenvalue weighted by Crippen LogP contribution is -2.37. The maximum atomic E-state index is 13.9. The zero-order valence-corrected chi connectivity index (χ0v) is 23.7. The molecule has 1 aromatic heterocycles. The molecule has 0 bridgehead atoms. The summed E-state index contributed by atoms with van der Waals surface area (Å²) in [5.41, 5.74) is 11.5. The van der Waals surface area contributed by atoms with Crippen LogP contribution >= 0.6 is 0 Å². The Labute approximate surface area is 243 Å². The molecular weight excluding hydrogens is 538 g/mol. The fourth-order valence-corrected chi connectivity index (χ4v) is 6.05. The molecule has 0 radical (unpaired) electrons. The summed E-state index contributed by atoms with van der Waals surface area (Å²) in [5.74, 6) is -1.73. The van der Waals surface area contributed by atoms with Gasteiger partial charge in [0, 0.05) is 48.0 Å². The van der Waals surface area contributed by atoms with E-state index in [1.165, 1.54) is 12.1 Å². The van der Waals surface area contributed by atoms with Crippen molar-refractivity contribution in [3.63, 3.8) is 0 Å². The summed E-state index contributed by atoms with van der Waals surface area (Å²) in [6.45, 7) is 3.27. The number of nitrogens with one attached hydrogen (secondary N) is 3. The highest BCUT2D eigenvalue weighted by molar-refractivity contribution is 6.08. The van der Waals surface area contributed by atoms with Crippen molar-refractivity contribution < 1.29 is 18.3 Å². The highest BCUT2D eigenvalue weighted by Crippen LogP contribution is 2.42. The first-order valence-electron chi connectivity index (χ1n) is 14.5. The first-order valence-corrected chi connectivity index (χ1v) is 14.5. The Morgan fingerprint density at radius 3 is 2.40 bits per heavy atom. The van der Waals surface area contributed by atoms with E-state index >= 15 is 0 Å². The van der Waals surface area contributed by atoms with Gasteiger partial charge < -0.3 is 26.0 Å². The predicted octanol–water partition coefficient (Wildman–Crippen LogP) is 5.29. The van der Waals surface area contributed by atoms with Crippen LogP contribution in [0.4, 0.5) is 20.2 Å². The lowest BCUT2D eigenvalue weighted by molar-refractivity contribution is 0.0904. The quantitative estimate of drug-likeness (QED) is 0.228. The molecular formula is C32H36F2N6O2.